The number of amides is 2. The van der Waals surface area contributed by atoms with Gasteiger partial charge in [-0.2, -0.15) is 0 Å². The summed E-state index contributed by atoms with van der Waals surface area (Å²) >= 11 is 1.71. The van der Waals surface area contributed by atoms with Crippen LogP contribution in [-0.4, -0.2) is 65.5 Å². The van der Waals surface area contributed by atoms with Gasteiger partial charge in [0, 0.05) is 37.8 Å². The highest BCUT2D eigenvalue weighted by atomic mass is 32.2. The molecule has 2 fully saturated rings. The van der Waals surface area contributed by atoms with Crippen molar-refractivity contribution in [3.63, 3.8) is 0 Å². The minimum atomic E-state index is -0.502. The van der Waals surface area contributed by atoms with Crippen LogP contribution in [0.2, 0.25) is 0 Å². The number of thioether (sulfide) groups is 1. The normalized spacial score (nSPS) is 22.0. The van der Waals surface area contributed by atoms with Gasteiger partial charge in [-0.1, -0.05) is 12.1 Å². The first-order chi connectivity index (χ1) is 10.7. The first-order valence-electron chi connectivity index (χ1n) is 7.30. The predicted octanol–water partition coefficient (Wildman–Crippen LogP) is 0.773. The van der Waals surface area contributed by atoms with Crippen LogP contribution in [0.5, 0.6) is 0 Å². The smallest absolute Gasteiger partial charge is 0.256 e. The van der Waals surface area contributed by atoms with E-state index in [1.165, 1.54) is 12.1 Å². The maximum atomic E-state index is 13.7. The molecular weight excluding hydrogens is 305 g/mol. The molecule has 3 rings (SSSR count). The number of carbonyl (C=O) groups is 2. The van der Waals surface area contributed by atoms with Crippen LogP contribution in [0.15, 0.2) is 24.3 Å². The predicted molar refractivity (Wildman–Crippen MR) is 83.1 cm³/mol. The molecule has 2 saturated heterocycles. The van der Waals surface area contributed by atoms with Crippen LogP contribution in [0.4, 0.5) is 4.39 Å². The molecular formula is C15H18FN3O2S. The summed E-state index contributed by atoms with van der Waals surface area (Å²) < 4.78 is 13.7. The first-order valence-corrected chi connectivity index (χ1v) is 8.46. The lowest BCUT2D eigenvalue weighted by Gasteiger charge is -2.36. The first kappa shape index (κ1) is 15.3. The minimum absolute atomic E-state index is 0.0936. The second kappa shape index (κ2) is 6.66. The van der Waals surface area contributed by atoms with Crippen molar-refractivity contribution >= 4 is 23.6 Å². The maximum absolute atomic E-state index is 13.7. The molecule has 1 N–H and O–H groups in total. The summed E-state index contributed by atoms with van der Waals surface area (Å²) in [6.45, 7) is 1.89. The topological polar surface area (TPSA) is 52.7 Å². The molecule has 0 spiro atoms. The Hall–Kier alpha value is -1.60. The third kappa shape index (κ3) is 3.10. The van der Waals surface area contributed by atoms with Crippen molar-refractivity contribution in [2.24, 2.45) is 0 Å². The van der Waals surface area contributed by atoms with Gasteiger partial charge in [0.25, 0.3) is 5.91 Å². The number of hydrogen-bond acceptors (Lipinski definition) is 4. The molecule has 2 amide bonds. The number of carbonyl (C=O) groups excluding carboxylic acids is 2. The van der Waals surface area contributed by atoms with E-state index in [9.17, 15) is 14.0 Å². The van der Waals surface area contributed by atoms with E-state index in [1.54, 1.807) is 33.7 Å². The Morgan fingerprint density at radius 1 is 1.14 bits per heavy atom. The summed E-state index contributed by atoms with van der Waals surface area (Å²) in [5, 5.41) is 3.16. The lowest BCUT2D eigenvalue weighted by atomic mass is 10.1. The second-order valence-corrected chi connectivity index (χ2v) is 6.40. The Bertz CT molecular complexity index is 570. The standard InChI is InChI=1S/C15H18FN3O2S/c16-12-4-2-1-3-11(12)14(20)18-5-7-19(8-6-18)15(21)13-9-22-10-17-13/h1-4,13,17H,5-10H2. The lowest BCUT2D eigenvalue weighted by molar-refractivity contribution is -0.134. The van der Waals surface area contributed by atoms with E-state index in [1.807, 2.05) is 0 Å². The SMILES string of the molecule is O=C(c1ccccc1F)N1CCN(C(=O)C2CSCN2)CC1. The Labute approximate surface area is 132 Å². The van der Waals surface area contributed by atoms with Crippen molar-refractivity contribution in [1.82, 2.24) is 15.1 Å². The van der Waals surface area contributed by atoms with Gasteiger partial charge in [0.1, 0.15) is 5.82 Å². The lowest BCUT2D eigenvalue weighted by Crippen LogP contribution is -2.54. The molecule has 118 valence electrons. The quantitative estimate of drug-likeness (QED) is 0.874. The summed E-state index contributed by atoms with van der Waals surface area (Å²) in [6, 6.07) is 5.89. The molecule has 0 saturated carbocycles. The van der Waals surface area contributed by atoms with Crippen molar-refractivity contribution in [3.8, 4) is 0 Å². The van der Waals surface area contributed by atoms with Crippen LogP contribution in [0, 0.1) is 5.82 Å². The maximum Gasteiger partial charge on any atom is 0.256 e. The average molecular weight is 323 g/mol. The van der Waals surface area contributed by atoms with Crippen molar-refractivity contribution in [1.29, 1.82) is 0 Å². The van der Waals surface area contributed by atoms with E-state index in [-0.39, 0.29) is 23.4 Å². The van der Waals surface area contributed by atoms with E-state index < -0.39 is 5.82 Å². The monoisotopic (exact) mass is 323 g/mol. The van der Waals surface area contributed by atoms with Crippen LogP contribution in [0.3, 0.4) is 0 Å². The molecule has 0 aromatic heterocycles. The van der Waals surface area contributed by atoms with E-state index in [4.69, 9.17) is 0 Å². The van der Waals surface area contributed by atoms with Gasteiger partial charge in [0.05, 0.1) is 11.6 Å². The summed E-state index contributed by atoms with van der Waals surface area (Å²) in [4.78, 5) is 28.0. The zero-order chi connectivity index (χ0) is 15.5. The van der Waals surface area contributed by atoms with Gasteiger partial charge in [-0.25, -0.2) is 4.39 Å². The highest BCUT2D eigenvalue weighted by molar-refractivity contribution is 7.99. The van der Waals surface area contributed by atoms with E-state index in [0.717, 1.165) is 11.6 Å². The molecule has 1 atom stereocenters. The van der Waals surface area contributed by atoms with Gasteiger partial charge in [-0.05, 0) is 12.1 Å². The number of piperazine rings is 1. The summed E-state index contributed by atoms with van der Waals surface area (Å²) in [6.07, 6.45) is 0. The van der Waals surface area contributed by atoms with Gasteiger partial charge in [-0.15, -0.1) is 11.8 Å². The molecule has 1 aromatic rings. The fourth-order valence-electron chi connectivity index (χ4n) is 2.71. The molecule has 7 heteroatoms. The van der Waals surface area contributed by atoms with E-state index in [2.05, 4.69) is 5.32 Å². The highest BCUT2D eigenvalue weighted by Crippen LogP contribution is 2.15. The third-order valence-corrected chi connectivity index (χ3v) is 4.94. The zero-order valence-corrected chi connectivity index (χ0v) is 12.9. The number of halogens is 1. The fourth-order valence-corrected chi connectivity index (χ4v) is 3.64. The summed E-state index contributed by atoms with van der Waals surface area (Å²) in [7, 11) is 0. The molecule has 0 radical (unpaired) electrons. The molecule has 2 aliphatic heterocycles. The largest absolute Gasteiger partial charge is 0.338 e. The Balaban J connectivity index is 1.58. The van der Waals surface area contributed by atoms with Gasteiger partial charge < -0.3 is 9.80 Å². The molecule has 1 aromatic carbocycles. The fraction of sp³-hybridized carbons (Fsp3) is 0.467. The average Bonchev–Trinajstić information content (AvgIpc) is 3.09. The number of nitrogens with zero attached hydrogens (tertiary/aromatic N) is 2. The molecule has 5 nitrogen and oxygen atoms in total. The number of nitrogens with one attached hydrogen (secondary N) is 1. The number of hydrogen-bond donors (Lipinski definition) is 1. The Kier molecular flexibility index (Phi) is 4.63. The minimum Gasteiger partial charge on any atom is -0.338 e. The molecule has 2 aliphatic rings. The van der Waals surface area contributed by atoms with Crippen LogP contribution in [0.1, 0.15) is 10.4 Å². The molecule has 0 bridgehead atoms. The summed E-state index contributed by atoms with van der Waals surface area (Å²) in [5.41, 5.74) is 0.0936. The highest BCUT2D eigenvalue weighted by Gasteiger charge is 2.31. The zero-order valence-electron chi connectivity index (χ0n) is 12.1. The second-order valence-electron chi connectivity index (χ2n) is 5.37. The van der Waals surface area contributed by atoms with Gasteiger partial charge >= 0.3 is 0 Å². The van der Waals surface area contributed by atoms with Crippen molar-refractivity contribution in [2.75, 3.05) is 37.8 Å². The van der Waals surface area contributed by atoms with Crippen molar-refractivity contribution < 1.29 is 14.0 Å². The van der Waals surface area contributed by atoms with Crippen LogP contribution in [-0.2, 0) is 4.79 Å². The van der Waals surface area contributed by atoms with E-state index in [0.29, 0.717) is 26.2 Å². The molecule has 2 heterocycles. The van der Waals surface area contributed by atoms with Gasteiger partial charge in [0.2, 0.25) is 5.91 Å². The summed E-state index contributed by atoms with van der Waals surface area (Å²) in [5.74, 6) is 0.899. The van der Waals surface area contributed by atoms with Crippen LogP contribution in [0.25, 0.3) is 0 Å². The van der Waals surface area contributed by atoms with E-state index >= 15 is 0 Å². The molecule has 1 unspecified atom stereocenters. The van der Waals surface area contributed by atoms with Gasteiger partial charge in [-0.3, -0.25) is 14.9 Å². The molecule has 0 aliphatic carbocycles. The third-order valence-electron chi connectivity index (χ3n) is 4.00. The van der Waals surface area contributed by atoms with Crippen LogP contribution < -0.4 is 5.32 Å². The van der Waals surface area contributed by atoms with Gasteiger partial charge in [0.15, 0.2) is 0 Å². The Morgan fingerprint density at radius 3 is 2.45 bits per heavy atom. The van der Waals surface area contributed by atoms with Crippen molar-refractivity contribution in [3.05, 3.63) is 35.6 Å². The number of benzene rings is 1. The Morgan fingerprint density at radius 2 is 1.82 bits per heavy atom. The van der Waals surface area contributed by atoms with Crippen LogP contribution >= 0.6 is 11.8 Å². The van der Waals surface area contributed by atoms with Crippen molar-refractivity contribution in [2.45, 2.75) is 6.04 Å². The number of rotatable bonds is 2. The molecule has 22 heavy (non-hydrogen) atoms.